The van der Waals surface area contributed by atoms with E-state index in [2.05, 4.69) is 0 Å². The molecule has 3 rings (SSSR count). The first-order valence-corrected chi connectivity index (χ1v) is 10.8. The van der Waals surface area contributed by atoms with Crippen LogP contribution in [0.4, 0.5) is 22.0 Å². The molecule has 0 aliphatic heterocycles. The van der Waals surface area contributed by atoms with Crippen LogP contribution >= 0.6 is 7.14 Å². The van der Waals surface area contributed by atoms with Crippen LogP contribution in [0.1, 0.15) is 64.2 Å². The van der Waals surface area contributed by atoms with Gasteiger partial charge in [-0.25, -0.2) is 22.0 Å². The lowest BCUT2D eigenvalue weighted by molar-refractivity contribution is 0.382. The lowest BCUT2D eigenvalue weighted by Crippen LogP contribution is -2.34. The van der Waals surface area contributed by atoms with Gasteiger partial charge in [0.05, 0.1) is 5.30 Å². The average molecular weight is 380 g/mol. The molecule has 2 fully saturated rings. The molecule has 0 saturated heterocycles. The predicted octanol–water partition coefficient (Wildman–Crippen LogP) is 6.04. The van der Waals surface area contributed by atoms with Crippen molar-refractivity contribution in [2.24, 2.45) is 0 Å². The van der Waals surface area contributed by atoms with Gasteiger partial charge in [0.2, 0.25) is 5.82 Å². The zero-order chi connectivity index (χ0) is 18.2. The van der Waals surface area contributed by atoms with E-state index in [1.807, 2.05) is 0 Å². The zero-order valence-electron chi connectivity index (χ0n) is 14.0. The van der Waals surface area contributed by atoms with Gasteiger partial charge in [-0.1, -0.05) is 38.5 Å². The number of rotatable bonds is 3. The van der Waals surface area contributed by atoms with Gasteiger partial charge >= 0.3 is 0 Å². The summed E-state index contributed by atoms with van der Waals surface area (Å²) in [5, 5.41) is -1.01. The van der Waals surface area contributed by atoms with Crippen LogP contribution in [0.2, 0.25) is 0 Å². The fourth-order valence-corrected chi connectivity index (χ4v) is 8.89. The van der Waals surface area contributed by atoms with Gasteiger partial charge in [-0.3, -0.25) is 0 Å². The van der Waals surface area contributed by atoms with E-state index in [9.17, 15) is 26.5 Å². The van der Waals surface area contributed by atoms with Gasteiger partial charge in [-0.05, 0) is 25.7 Å². The molecule has 1 aromatic rings. The van der Waals surface area contributed by atoms with Crippen molar-refractivity contribution in [3.8, 4) is 0 Å². The van der Waals surface area contributed by atoms with Crippen molar-refractivity contribution in [2.75, 3.05) is 0 Å². The van der Waals surface area contributed by atoms with E-state index >= 15 is 0 Å². The Labute approximate surface area is 144 Å². The molecule has 0 heterocycles. The highest BCUT2D eigenvalue weighted by Gasteiger charge is 2.47. The molecule has 0 amide bonds. The third-order valence-corrected chi connectivity index (χ3v) is 10.1. The third kappa shape index (κ3) is 3.15. The van der Waals surface area contributed by atoms with Crippen LogP contribution in [-0.4, -0.2) is 11.3 Å². The highest BCUT2D eigenvalue weighted by molar-refractivity contribution is 7.73. The Balaban J connectivity index is 2.20. The molecule has 2 aliphatic carbocycles. The summed E-state index contributed by atoms with van der Waals surface area (Å²) in [6.07, 6.45) is 7.07. The van der Waals surface area contributed by atoms with Crippen LogP contribution in [0.5, 0.6) is 0 Å². The van der Waals surface area contributed by atoms with Crippen LogP contribution in [0, 0.1) is 29.1 Å². The van der Waals surface area contributed by atoms with Crippen LogP contribution in [-0.2, 0) is 4.57 Å². The number of benzene rings is 1. The summed E-state index contributed by atoms with van der Waals surface area (Å²) in [6, 6.07) is 0. The van der Waals surface area contributed by atoms with Crippen LogP contribution in [0.3, 0.4) is 0 Å². The summed E-state index contributed by atoms with van der Waals surface area (Å²) in [5.41, 5.74) is -0.977. The van der Waals surface area contributed by atoms with Gasteiger partial charge in [0.15, 0.2) is 23.3 Å². The minimum absolute atomic E-state index is 0.488. The summed E-state index contributed by atoms with van der Waals surface area (Å²) in [7, 11) is -3.77. The minimum atomic E-state index is -3.77. The molecule has 0 unspecified atom stereocenters. The maximum absolute atomic E-state index is 14.5. The summed E-state index contributed by atoms with van der Waals surface area (Å²) in [4.78, 5) is 0. The second-order valence-electron chi connectivity index (χ2n) is 7.21. The fraction of sp³-hybridized carbons (Fsp3) is 0.667. The molecule has 1 nitrogen and oxygen atoms in total. The Kier molecular flexibility index (Phi) is 5.57. The van der Waals surface area contributed by atoms with Crippen LogP contribution in [0.15, 0.2) is 0 Å². The van der Waals surface area contributed by atoms with Gasteiger partial charge in [0, 0.05) is 11.3 Å². The van der Waals surface area contributed by atoms with Crippen LogP contribution in [0.25, 0.3) is 0 Å². The molecule has 0 bridgehead atoms. The normalized spacial score (nSPS) is 20.8. The van der Waals surface area contributed by atoms with E-state index < -0.39 is 52.9 Å². The summed E-state index contributed by atoms with van der Waals surface area (Å²) < 4.78 is 84.1. The molecular formula is C18H22F5OP. The molecule has 140 valence electrons. The molecule has 7 heteroatoms. The van der Waals surface area contributed by atoms with Gasteiger partial charge < -0.3 is 4.57 Å². The van der Waals surface area contributed by atoms with E-state index in [0.29, 0.717) is 25.7 Å². The molecule has 0 N–H and O–H groups in total. The molecule has 0 spiro atoms. The molecule has 2 saturated carbocycles. The number of halogens is 5. The number of hydrogen-bond acceptors (Lipinski definition) is 1. The molecule has 0 atom stereocenters. The van der Waals surface area contributed by atoms with Gasteiger partial charge in [-0.15, -0.1) is 0 Å². The van der Waals surface area contributed by atoms with Crippen molar-refractivity contribution in [1.29, 1.82) is 0 Å². The topological polar surface area (TPSA) is 17.1 Å². The van der Waals surface area contributed by atoms with Crippen LogP contribution < -0.4 is 5.30 Å². The predicted molar refractivity (Wildman–Crippen MR) is 87.2 cm³/mol. The fourth-order valence-electron chi connectivity index (χ4n) is 4.49. The Morgan fingerprint density at radius 3 is 1.24 bits per heavy atom. The molecule has 0 aromatic heterocycles. The minimum Gasteiger partial charge on any atom is -0.318 e. The Bertz CT molecular complexity index is 642. The molecular weight excluding hydrogens is 358 g/mol. The lowest BCUT2D eigenvalue weighted by Gasteiger charge is -2.38. The molecule has 2 aliphatic rings. The van der Waals surface area contributed by atoms with Crippen molar-refractivity contribution in [2.45, 2.75) is 75.5 Å². The average Bonchev–Trinajstić information content (AvgIpc) is 2.66. The largest absolute Gasteiger partial charge is 0.318 e. The standard InChI is InChI=1S/C18H22F5OP/c19-13-14(20)16(22)18(17(23)15(13)21)25(24,11-7-3-1-4-8-11)12-9-5-2-6-10-12/h11-12H,1-10H2. The van der Waals surface area contributed by atoms with Crippen molar-refractivity contribution < 1.29 is 26.5 Å². The zero-order valence-corrected chi connectivity index (χ0v) is 14.9. The highest BCUT2D eigenvalue weighted by Crippen LogP contribution is 2.62. The van der Waals surface area contributed by atoms with Gasteiger partial charge in [0.1, 0.15) is 7.14 Å². The van der Waals surface area contributed by atoms with E-state index in [1.165, 1.54) is 0 Å². The maximum Gasteiger partial charge on any atom is 0.200 e. The Morgan fingerprint density at radius 2 is 0.880 bits per heavy atom. The van der Waals surface area contributed by atoms with E-state index in [-0.39, 0.29) is 0 Å². The summed E-state index contributed by atoms with van der Waals surface area (Å²) in [5.74, 6) is -9.94. The third-order valence-electron chi connectivity index (χ3n) is 5.77. The second-order valence-corrected chi connectivity index (χ2v) is 10.5. The second kappa shape index (κ2) is 7.38. The Hall–Kier alpha value is -0.900. The van der Waals surface area contributed by atoms with E-state index in [1.54, 1.807) is 0 Å². The SMILES string of the molecule is O=P(c1c(F)c(F)c(F)c(F)c1F)(C1CCCCC1)C1CCCCC1. The first-order valence-electron chi connectivity index (χ1n) is 9.00. The van der Waals surface area contributed by atoms with Crippen molar-refractivity contribution >= 4 is 12.4 Å². The van der Waals surface area contributed by atoms with E-state index in [4.69, 9.17) is 0 Å². The number of hydrogen-bond donors (Lipinski definition) is 0. The molecule has 0 radical (unpaired) electrons. The lowest BCUT2D eigenvalue weighted by atomic mass is 9.99. The molecule has 25 heavy (non-hydrogen) atoms. The van der Waals surface area contributed by atoms with Crippen molar-refractivity contribution in [3.63, 3.8) is 0 Å². The van der Waals surface area contributed by atoms with Gasteiger partial charge in [-0.2, -0.15) is 0 Å². The Morgan fingerprint density at radius 1 is 0.560 bits per heavy atom. The summed E-state index contributed by atoms with van der Waals surface area (Å²) in [6.45, 7) is 0. The highest BCUT2D eigenvalue weighted by atomic mass is 31.2. The summed E-state index contributed by atoms with van der Waals surface area (Å²) >= 11 is 0. The maximum atomic E-state index is 14.5. The first-order chi connectivity index (χ1) is 11.9. The van der Waals surface area contributed by atoms with Crippen molar-refractivity contribution in [3.05, 3.63) is 29.1 Å². The smallest absolute Gasteiger partial charge is 0.200 e. The molecule has 1 aromatic carbocycles. The first kappa shape index (κ1) is 18.9. The van der Waals surface area contributed by atoms with Crippen molar-refractivity contribution in [1.82, 2.24) is 0 Å². The monoisotopic (exact) mass is 380 g/mol. The van der Waals surface area contributed by atoms with E-state index in [0.717, 1.165) is 38.5 Å². The quantitative estimate of drug-likeness (QED) is 0.271. The van der Waals surface area contributed by atoms with Gasteiger partial charge in [0.25, 0.3) is 0 Å².